The summed E-state index contributed by atoms with van der Waals surface area (Å²) >= 11 is 0. The van der Waals surface area contributed by atoms with Crippen LogP contribution in [0.15, 0.2) is 36.4 Å². The minimum Gasteiger partial charge on any atom is -0.326 e. The van der Waals surface area contributed by atoms with E-state index in [9.17, 15) is 9.90 Å². The molecule has 0 atom stereocenters. The van der Waals surface area contributed by atoms with Crippen LogP contribution in [-0.2, 0) is 9.90 Å². The van der Waals surface area contributed by atoms with E-state index in [1.54, 1.807) is 12.1 Å². The molecule has 1 N–H and O–H groups in total. The monoisotopic (exact) mass is 200 g/mol. The Bertz CT molecular complexity index is 520. The summed E-state index contributed by atoms with van der Waals surface area (Å²) in [5, 5.41) is 15.6. The predicted molar refractivity (Wildman–Crippen MR) is 58.4 cm³/mol. The van der Waals surface area contributed by atoms with E-state index in [-0.39, 0.29) is 11.7 Å². The van der Waals surface area contributed by atoms with Crippen molar-refractivity contribution in [2.45, 2.75) is 6.92 Å². The fourth-order valence-corrected chi connectivity index (χ4v) is 1.55. The second kappa shape index (κ2) is 3.61. The van der Waals surface area contributed by atoms with Crippen molar-refractivity contribution < 1.29 is 9.90 Å². The van der Waals surface area contributed by atoms with Crippen molar-refractivity contribution in [2.75, 3.05) is 5.32 Å². The molecule has 0 spiro atoms. The van der Waals surface area contributed by atoms with Gasteiger partial charge in [-0.25, -0.2) is 0 Å². The molecule has 0 aromatic heterocycles. The maximum atomic E-state index is 11.2. The largest absolute Gasteiger partial charge is 0.326 e. The van der Waals surface area contributed by atoms with Crippen molar-refractivity contribution in [2.24, 2.45) is 0 Å². The summed E-state index contributed by atoms with van der Waals surface area (Å²) in [6.45, 7) is 1.44. The molecular weight excluding hydrogens is 190 g/mol. The lowest BCUT2D eigenvalue weighted by molar-refractivity contribution is -0.114. The number of carbonyl (C=O) groups excluding carboxylic acids is 1. The average molecular weight is 200 g/mol. The molecular formula is C12H10NO2. The second-order valence-electron chi connectivity index (χ2n) is 3.37. The van der Waals surface area contributed by atoms with Crippen LogP contribution in [0.4, 0.5) is 5.69 Å². The fraction of sp³-hybridized carbons (Fsp3) is 0.0833. The van der Waals surface area contributed by atoms with Crippen LogP contribution in [0.5, 0.6) is 5.75 Å². The summed E-state index contributed by atoms with van der Waals surface area (Å²) in [5.41, 5.74) is 0.678. The summed E-state index contributed by atoms with van der Waals surface area (Å²) in [6, 6.07) is 10.3. The molecule has 0 fully saturated rings. The van der Waals surface area contributed by atoms with Crippen LogP contribution >= 0.6 is 0 Å². The molecule has 0 aliphatic heterocycles. The zero-order valence-corrected chi connectivity index (χ0v) is 8.28. The van der Waals surface area contributed by atoms with Crippen LogP contribution in [0.25, 0.3) is 10.8 Å². The molecule has 2 aromatic rings. The Morgan fingerprint density at radius 3 is 2.73 bits per heavy atom. The highest BCUT2D eigenvalue weighted by molar-refractivity contribution is 6.01. The average Bonchev–Trinajstić information content (AvgIpc) is 2.18. The summed E-state index contributed by atoms with van der Waals surface area (Å²) in [4.78, 5) is 11.0. The van der Waals surface area contributed by atoms with Gasteiger partial charge in [-0.05, 0) is 23.6 Å². The van der Waals surface area contributed by atoms with Gasteiger partial charge in [0.05, 0.1) is 0 Å². The highest BCUT2D eigenvalue weighted by atomic mass is 16.3. The van der Waals surface area contributed by atoms with Gasteiger partial charge >= 0.3 is 0 Å². The number of rotatable bonds is 1. The van der Waals surface area contributed by atoms with Gasteiger partial charge in [-0.1, -0.05) is 18.2 Å². The molecule has 2 aromatic carbocycles. The first-order chi connectivity index (χ1) is 7.16. The molecule has 15 heavy (non-hydrogen) atoms. The number of carbonyl (C=O) groups is 1. The third-order valence-corrected chi connectivity index (χ3v) is 2.16. The minimum atomic E-state index is -0.140. The van der Waals surface area contributed by atoms with Crippen molar-refractivity contribution in [1.29, 1.82) is 0 Å². The van der Waals surface area contributed by atoms with Crippen LogP contribution in [0.3, 0.4) is 0 Å². The van der Waals surface area contributed by atoms with E-state index in [0.29, 0.717) is 5.69 Å². The van der Waals surface area contributed by atoms with E-state index >= 15 is 0 Å². The third kappa shape index (κ3) is 1.91. The van der Waals surface area contributed by atoms with E-state index < -0.39 is 0 Å². The zero-order valence-electron chi connectivity index (χ0n) is 8.28. The maximum Gasteiger partial charge on any atom is 0.221 e. The maximum absolute atomic E-state index is 11.2. The predicted octanol–water partition coefficient (Wildman–Crippen LogP) is 2.94. The Kier molecular flexibility index (Phi) is 2.29. The number of hydrogen-bond acceptors (Lipinski definition) is 1. The standard InChI is InChI=1S/C12H10NO2/c1-8(14)13-12-4-2-3-9-5-6-10(15)7-11(9)12/h2-7H,1H3,(H,13,14). The Morgan fingerprint density at radius 1 is 1.20 bits per heavy atom. The molecule has 0 bridgehead atoms. The highest BCUT2D eigenvalue weighted by Crippen LogP contribution is 2.27. The summed E-state index contributed by atoms with van der Waals surface area (Å²) in [6.07, 6.45) is 0. The van der Waals surface area contributed by atoms with Crippen LogP contribution in [0.2, 0.25) is 0 Å². The van der Waals surface area contributed by atoms with Crippen LogP contribution in [0, 0.1) is 0 Å². The molecule has 1 radical (unpaired) electrons. The second-order valence-corrected chi connectivity index (χ2v) is 3.37. The lowest BCUT2D eigenvalue weighted by Gasteiger charge is -2.06. The van der Waals surface area contributed by atoms with Crippen LogP contribution in [-0.4, -0.2) is 5.91 Å². The molecule has 75 valence electrons. The molecule has 0 aliphatic carbocycles. The Labute approximate surface area is 87.3 Å². The van der Waals surface area contributed by atoms with Gasteiger partial charge in [-0.15, -0.1) is 0 Å². The molecule has 3 heteroatoms. The first kappa shape index (κ1) is 9.52. The summed E-state index contributed by atoms with van der Waals surface area (Å²) in [7, 11) is 0. The molecule has 1 amide bonds. The number of anilines is 1. The number of fused-ring (bicyclic) bond motifs is 1. The molecule has 2 rings (SSSR count). The van der Waals surface area contributed by atoms with Gasteiger partial charge in [0, 0.05) is 18.0 Å². The lowest BCUT2D eigenvalue weighted by Crippen LogP contribution is -2.05. The van der Waals surface area contributed by atoms with Crippen molar-refractivity contribution >= 4 is 22.4 Å². The molecule has 0 aliphatic rings. The van der Waals surface area contributed by atoms with Gasteiger partial charge in [0.1, 0.15) is 0 Å². The van der Waals surface area contributed by atoms with Crippen LogP contribution in [0.1, 0.15) is 6.92 Å². The Morgan fingerprint density at radius 2 is 2.00 bits per heavy atom. The Balaban J connectivity index is 2.63. The van der Waals surface area contributed by atoms with E-state index in [2.05, 4.69) is 5.32 Å². The van der Waals surface area contributed by atoms with Crippen molar-refractivity contribution in [3.63, 3.8) is 0 Å². The molecule has 0 heterocycles. The minimum absolute atomic E-state index is 0.0553. The Hall–Kier alpha value is -2.03. The zero-order chi connectivity index (χ0) is 10.8. The topological polar surface area (TPSA) is 49.0 Å². The highest BCUT2D eigenvalue weighted by Gasteiger charge is 2.03. The van der Waals surface area contributed by atoms with Gasteiger partial charge in [0.2, 0.25) is 5.91 Å². The number of benzene rings is 2. The normalized spacial score (nSPS) is 10.2. The van der Waals surface area contributed by atoms with Gasteiger partial charge in [0.25, 0.3) is 0 Å². The van der Waals surface area contributed by atoms with E-state index in [1.165, 1.54) is 19.1 Å². The summed E-state index contributed by atoms with van der Waals surface area (Å²) in [5.74, 6) is -0.195. The quantitative estimate of drug-likeness (QED) is 0.755. The lowest BCUT2D eigenvalue weighted by atomic mass is 10.1. The molecule has 3 nitrogen and oxygen atoms in total. The van der Waals surface area contributed by atoms with E-state index in [0.717, 1.165) is 10.8 Å². The summed E-state index contributed by atoms with van der Waals surface area (Å²) < 4.78 is 0. The first-order valence-corrected chi connectivity index (χ1v) is 4.64. The van der Waals surface area contributed by atoms with Crippen molar-refractivity contribution in [3.05, 3.63) is 36.4 Å². The number of amides is 1. The third-order valence-electron chi connectivity index (χ3n) is 2.16. The molecule has 0 saturated carbocycles. The molecule has 0 unspecified atom stereocenters. The van der Waals surface area contributed by atoms with Gasteiger partial charge in [-0.3, -0.25) is 9.90 Å². The van der Waals surface area contributed by atoms with Gasteiger partial charge < -0.3 is 5.32 Å². The van der Waals surface area contributed by atoms with E-state index in [4.69, 9.17) is 0 Å². The van der Waals surface area contributed by atoms with Gasteiger partial charge in [0.15, 0.2) is 5.75 Å². The van der Waals surface area contributed by atoms with Gasteiger partial charge in [-0.2, -0.15) is 0 Å². The van der Waals surface area contributed by atoms with E-state index in [1.807, 2.05) is 12.1 Å². The van der Waals surface area contributed by atoms with Crippen molar-refractivity contribution in [1.82, 2.24) is 0 Å². The fourth-order valence-electron chi connectivity index (χ4n) is 1.55. The smallest absolute Gasteiger partial charge is 0.221 e. The number of nitrogens with one attached hydrogen (secondary N) is 1. The van der Waals surface area contributed by atoms with Crippen molar-refractivity contribution in [3.8, 4) is 5.75 Å². The first-order valence-electron chi connectivity index (χ1n) is 4.64. The van der Waals surface area contributed by atoms with Crippen LogP contribution < -0.4 is 5.32 Å². The number of hydrogen-bond donors (Lipinski definition) is 1. The SMILES string of the molecule is CC(=O)Nc1cccc2ccc([O])cc12. The molecule has 0 saturated heterocycles.